The summed E-state index contributed by atoms with van der Waals surface area (Å²) in [6.07, 6.45) is 2.12. The number of aromatic nitrogens is 3. The highest BCUT2D eigenvalue weighted by Crippen LogP contribution is 2.39. The van der Waals surface area contributed by atoms with Crippen molar-refractivity contribution in [2.75, 3.05) is 0 Å². The van der Waals surface area contributed by atoms with Crippen LogP contribution in [0.3, 0.4) is 0 Å². The summed E-state index contributed by atoms with van der Waals surface area (Å²) in [5.41, 5.74) is 6.88. The van der Waals surface area contributed by atoms with Crippen molar-refractivity contribution in [2.45, 2.75) is 6.92 Å². The molecule has 35 heavy (non-hydrogen) atoms. The van der Waals surface area contributed by atoms with Crippen molar-refractivity contribution in [3.8, 4) is 0 Å². The first-order valence-electron chi connectivity index (χ1n) is 12.1. The minimum Gasteiger partial charge on any atom is -0.291 e. The van der Waals surface area contributed by atoms with E-state index < -0.39 is 0 Å². The van der Waals surface area contributed by atoms with E-state index in [4.69, 9.17) is 4.98 Å². The molecule has 3 nitrogen and oxygen atoms in total. The Morgan fingerprint density at radius 1 is 0.629 bits per heavy atom. The summed E-state index contributed by atoms with van der Waals surface area (Å²) in [5, 5.41) is 10.1. The minimum atomic E-state index is 1.01. The van der Waals surface area contributed by atoms with E-state index in [0.29, 0.717) is 0 Å². The normalized spacial score (nSPS) is 12.3. The largest absolute Gasteiger partial charge is 0.291 e. The summed E-state index contributed by atoms with van der Waals surface area (Å²) in [6.45, 7) is 2.20. The Morgan fingerprint density at radius 3 is 1.97 bits per heavy atom. The zero-order valence-electron chi connectivity index (χ0n) is 19.6. The van der Waals surface area contributed by atoms with Gasteiger partial charge in [0.25, 0.3) is 0 Å². The van der Waals surface area contributed by atoms with Gasteiger partial charge in [-0.3, -0.25) is 4.40 Å². The van der Waals surface area contributed by atoms with Crippen molar-refractivity contribution in [1.29, 1.82) is 0 Å². The Hall–Kier alpha value is -4.50. The lowest BCUT2D eigenvalue weighted by molar-refractivity contribution is -0.644. The molecule has 0 aliphatic rings. The van der Waals surface area contributed by atoms with Crippen molar-refractivity contribution in [1.82, 2.24) is 9.38 Å². The average Bonchev–Trinajstić information content (AvgIpc) is 3.27. The second-order valence-electron chi connectivity index (χ2n) is 9.60. The number of pyridine rings is 2. The Morgan fingerprint density at radius 2 is 1.26 bits per heavy atom. The third kappa shape index (κ3) is 2.35. The van der Waals surface area contributed by atoms with E-state index >= 15 is 0 Å². The second kappa shape index (κ2) is 6.55. The standard InChI is InChI=1S/C32H22N3/c1-19-9-7-15-28-30(19)31-24(14-8-16-34(31)2)32-33-27-17-25-22-12-5-3-10-20(22)21-11-4-6-13-23(21)26(25)18-29(27)35(28)32/h3-18H,1-2H3/q+1. The van der Waals surface area contributed by atoms with Gasteiger partial charge in [0.15, 0.2) is 11.8 Å². The second-order valence-corrected chi connectivity index (χ2v) is 9.60. The molecular formula is C32H22N3+. The van der Waals surface area contributed by atoms with Gasteiger partial charge in [-0.25, -0.2) is 9.55 Å². The lowest BCUT2D eigenvalue weighted by atomic mass is 9.94. The van der Waals surface area contributed by atoms with Gasteiger partial charge in [-0.15, -0.1) is 0 Å². The number of rotatable bonds is 0. The third-order valence-corrected chi connectivity index (χ3v) is 7.67. The quantitative estimate of drug-likeness (QED) is 0.175. The Kier molecular flexibility index (Phi) is 3.53. The van der Waals surface area contributed by atoms with E-state index in [9.17, 15) is 0 Å². The number of hydrogen-bond donors (Lipinski definition) is 0. The zero-order chi connectivity index (χ0) is 23.3. The van der Waals surface area contributed by atoms with Gasteiger partial charge in [-0.1, -0.05) is 60.7 Å². The molecule has 0 amide bonds. The van der Waals surface area contributed by atoms with E-state index in [1.807, 2.05) is 0 Å². The summed E-state index contributed by atoms with van der Waals surface area (Å²) >= 11 is 0. The average molecular weight is 449 g/mol. The fraction of sp³-hybridized carbons (Fsp3) is 0.0625. The monoisotopic (exact) mass is 448 g/mol. The van der Waals surface area contributed by atoms with E-state index in [1.54, 1.807) is 0 Å². The molecule has 0 N–H and O–H groups in total. The van der Waals surface area contributed by atoms with Crippen molar-refractivity contribution in [2.24, 2.45) is 7.05 Å². The molecular weight excluding hydrogens is 426 g/mol. The van der Waals surface area contributed by atoms with Crippen LogP contribution in [0.2, 0.25) is 0 Å². The van der Waals surface area contributed by atoms with E-state index in [0.717, 1.165) is 16.7 Å². The van der Waals surface area contributed by atoms with Crippen LogP contribution < -0.4 is 4.57 Å². The highest BCUT2D eigenvalue weighted by atomic mass is 15.0. The third-order valence-electron chi connectivity index (χ3n) is 7.67. The Labute approximate surface area is 201 Å². The van der Waals surface area contributed by atoms with E-state index in [-0.39, 0.29) is 0 Å². The van der Waals surface area contributed by atoms with Crippen LogP contribution in [-0.4, -0.2) is 9.38 Å². The molecule has 0 atom stereocenters. The van der Waals surface area contributed by atoms with Crippen LogP contribution in [0, 0.1) is 6.92 Å². The molecule has 0 spiro atoms. The fourth-order valence-electron chi connectivity index (χ4n) is 6.15. The van der Waals surface area contributed by atoms with Gasteiger partial charge >= 0.3 is 0 Å². The van der Waals surface area contributed by atoms with Gasteiger partial charge < -0.3 is 0 Å². The maximum absolute atomic E-state index is 5.25. The number of benzene rings is 5. The summed E-state index contributed by atoms with van der Waals surface area (Å²) in [4.78, 5) is 5.25. The predicted molar refractivity (Wildman–Crippen MR) is 146 cm³/mol. The molecule has 0 radical (unpaired) electrons. The van der Waals surface area contributed by atoms with Crippen LogP contribution in [0.1, 0.15) is 5.56 Å². The number of nitrogens with zero attached hydrogens (tertiary/aromatic N) is 3. The first kappa shape index (κ1) is 18.9. The topological polar surface area (TPSA) is 21.2 Å². The van der Waals surface area contributed by atoms with Crippen LogP contribution in [0.25, 0.3) is 70.8 Å². The smallest absolute Gasteiger partial charge is 0.225 e. The van der Waals surface area contributed by atoms with Gasteiger partial charge in [0.05, 0.1) is 27.3 Å². The molecule has 0 aliphatic carbocycles. The minimum absolute atomic E-state index is 1.01. The van der Waals surface area contributed by atoms with Gasteiger partial charge in [0.2, 0.25) is 5.52 Å². The number of aryl methyl sites for hydroxylation is 2. The first-order chi connectivity index (χ1) is 17.2. The molecule has 3 heterocycles. The van der Waals surface area contributed by atoms with Gasteiger partial charge in [0, 0.05) is 6.07 Å². The Bertz CT molecular complexity index is 2180. The maximum Gasteiger partial charge on any atom is 0.225 e. The van der Waals surface area contributed by atoms with Gasteiger partial charge in [-0.05, 0) is 69.1 Å². The molecule has 0 bridgehead atoms. The number of hydrogen-bond acceptors (Lipinski definition) is 1. The number of fused-ring (bicyclic) bond motifs is 14. The molecule has 0 fully saturated rings. The molecule has 5 aromatic carbocycles. The molecule has 0 saturated heterocycles. The maximum atomic E-state index is 5.25. The molecule has 8 rings (SSSR count). The predicted octanol–water partition coefficient (Wildman–Crippen LogP) is 7.39. The summed E-state index contributed by atoms with van der Waals surface area (Å²) < 4.78 is 4.59. The Balaban J connectivity index is 1.70. The SMILES string of the molecule is Cc1cccc2c1c1c(ccc[n+]1C)c1nc3cc4c5ccccc5c5ccccc5c4cc3n21. The highest BCUT2D eigenvalue weighted by molar-refractivity contribution is 6.27. The molecule has 8 aromatic rings. The van der Waals surface area contributed by atoms with Crippen LogP contribution in [0.15, 0.2) is 97.2 Å². The van der Waals surface area contributed by atoms with Crippen LogP contribution in [-0.2, 0) is 7.05 Å². The van der Waals surface area contributed by atoms with Crippen molar-refractivity contribution in [3.05, 3.63) is 103 Å². The van der Waals surface area contributed by atoms with Gasteiger partial charge in [-0.2, -0.15) is 0 Å². The van der Waals surface area contributed by atoms with Crippen molar-refractivity contribution < 1.29 is 4.57 Å². The summed E-state index contributed by atoms with van der Waals surface area (Å²) in [5.74, 6) is 0. The van der Waals surface area contributed by atoms with E-state index in [2.05, 4.69) is 120 Å². The van der Waals surface area contributed by atoms with Gasteiger partial charge in [0.1, 0.15) is 7.05 Å². The van der Waals surface area contributed by atoms with Crippen LogP contribution in [0.4, 0.5) is 0 Å². The van der Waals surface area contributed by atoms with Crippen molar-refractivity contribution >= 4 is 70.8 Å². The van der Waals surface area contributed by atoms with Crippen LogP contribution >= 0.6 is 0 Å². The van der Waals surface area contributed by atoms with Crippen LogP contribution in [0.5, 0.6) is 0 Å². The number of imidazole rings is 1. The lowest BCUT2D eigenvalue weighted by Crippen LogP contribution is -2.28. The van der Waals surface area contributed by atoms with E-state index in [1.165, 1.54) is 59.7 Å². The molecule has 3 aromatic heterocycles. The lowest BCUT2D eigenvalue weighted by Gasteiger charge is -2.11. The molecule has 164 valence electrons. The zero-order valence-corrected chi connectivity index (χ0v) is 19.6. The molecule has 0 unspecified atom stereocenters. The fourth-order valence-corrected chi connectivity index (χ4v) is 6.15. The summed E-state index contributed by atoms with van der Waals surface area (Å²) in [7, 11) is 2.12. The van der Waals surface area contributed by atoms with Crippen molar-refractivity contribution in [3.63, 3.8) is 0 Å². The molecule has 3 heteroatoms. The highest BCUT2D eigenvalue weighted by Gasteiger charge is 2.21. The molecule has 0 saturated carbocycles. The summed E-state index contributed by atoms with van der Waals surface area (Å²) in [6, 6.07) is 33.0. The molecule has 0 aliphatic heterocycles. The first-order valence-corrected chi connectivity index (χ1v) is 12.1.